The van der Waals surface area contributed by atoms with E-state index in [1.165, 1.54) is 12.8 Å². The van der Waals surface area contributed by atoms with Gasteiger partial charge in [0.15, 0.2) is 0 Å². The first-order chi connectivity index (χ1) is 11.3. The smallest absolute Gasteiger partial charge is 0.269 e. The first-order valence-corrected chi connectivity index (χ1v) is 9.28. The van der Waals surface area contributed by atoms with Crippen LogP contribution in [0.2, 0.25) is 0 Å². The van der Waals surface area contributed by atoms with E-state index in [0.29, 0.717) is 12.2 Å². The molecule has 1 amide bonds. The summed E-state index contributed by atoms with van der Waals surface area (Å²) in [6.45, 7) is 6.82. The third kappa shape index (κ3) is 4.00. The first-order valence-electron chi connectivity index (χ1n) is 8.40. The molecule has 2 aromatic heterocycles. The predicted octanol–water partition coefficient (Wildman–Crippen LogP) is 2.85. The molecule has 3 heterocycles. The minimum absolute atomic E-state index is 0.0204. The molecule has 1 saturated heterocycles. The second-order valence-electron chi connectivity index (χ2n) is 5.92. The zero-order valence-corrected chi connectivity index (χ0v) is 14.4. The number of carbonyl (C=O) groups is 1. The average molecular weight is 332 g/mol. The van der Waals surface area contributed by atoms with Crippen LogP contribution >= 0.6 is 11.3 Å². The van der Waals surface area contributed by atoms with Crippen molar-refractivity contribution in [2.45, 2.75) is 32.7 Å². The van der Waals surface area contributed by atoms with Gasteiger partial charge in [-0.3, -0.25) is 9.48 Å². The molecule has 0 spiro atoms. The molecular weight excluding hydrogens is 308 g/mol. The number of aryl methyl sites for hydroxylation is 1. The van der Waals surface area contributed by atoms with Crippen LogP contribution in [0, 0.1) is 0 Å². The summed E-state index contributed by atoms with van der Waals surface area (Å²) in [5.74, 6) is -0.0204. The van der Waals surface area contributed by atoms with Gasteiger partial charge < -0.3 is 10.2 Å². The van der Waals surface area contributed by atoms with Gasteiger partial charge in [-0.15, -0.1) is 11.3 Å². The second-order valence-corrected chi connectivity index (χ2v) is 6.87. The lowest BCUT2D eigenvalue weighted by Crippen LogP contribution is -2.34. The summed E-state index contributed by atoms with van der Waals surface area (Å²) in [7, 11) is 0. The van der Waals surface area contributed by atoms with Crippen LogP contribution in [-0.4, -0.2) is 46.8 Å². The number of nitrogens with zero attached hydrogens (tertiary/aromatic N) is 3. The Morgan fingerprint density at radius 3 is 2.87 bits per heavy atom. The molecule has 1 fully saturated rings. The summed E-state index contributed by atoms with van der Waals surface area (Å²) in [5, 5.41) is 9.68. The highest BCUT2D eigenvalue weighted by molar-refractivity contribution is 7.13. The van der Waals surface area contributed by atoms with Crippen molar-refractivity contribution in [2.75, 3.05) is 26.2 Å². The Bertz CT molecular complexity index is 629. The van der Waals surface area contributed by atoms with E-state index in [0.717, 1.165) is 43.2 Å². The van der Waals surface area contributed by atoms with Gasteiger partial charge >= 0.3 is 0 Å². The van der Waals surface area contributed by atoms with Crippen LogP contribution in [0.3, 0.4) is 0 Å². The topological polar surface area (TPSA) is 50.2 Å². The molecule has 0 atom stereocenters. The number of hydrogen-bond acceptors (Lipinski definition) is 4. The number of amides is 1. The second kappa shape index (κ2) is 7.75. The van der Waals surface area contributed by atoms with E-state index in [9.17, 15) is 4.79 Å². The largest absolute Gasteiger partial charge is 0.349 e. The SMILES string of the molecule is CCCn1nc(-c2cccs2)cc1C(=O)NCCN1CCCC1. The maximum atomic E-state index is 12.5. The number of likely N-dealkylation sites (tertiary alicyclic amines) is 1. The molecule has 1 aliphatic heterocycles. The molecule has 1 aliphatic rings. The quantitative estimate of drug-likeness (QED) is 0.848. The highest BCUT2D eigenvalue weighted by atomic mass is 32.1. The molecule has 0 bridgehead atoms. The molecular formula is C17H24N4OS. The predicted molar refractivity (Wildman–Crippen MR) is 93.8 cm³/mol. The van der Waals surface area contributed by atoms with Crippen LogP contribution in [-0.2, 0) is 6.54 Å². The van der Waals surface area contributed by atoms with Crippen LogP contribution in [0.25, 0.3) is 10.6 Å². The summed E-state index contributed by atoms with van der Waals surface area (Å²) in [4.78, 5) is 16.0. The number of carbonyl (C=O) groups excluding carboxylic acids is 1. The summed E-state index contributed by atoms with van der Waals surface area (Å²) in [6.07, 6.45) is 3.52. The van der Waals surface area contributed by atoms with Crippen molar-refractivity contribution >= 4 is 17.2 Å². The zero-order chi connectivity index (χ0) is 16.1. The Morgan fingerprint density at radius 2 is 2.17 bits per heavy atom. The Morgan fingerprint density at radius 1 is 1.35 bits per heavy atom. The maximum absolute atomic E-state index is 12.5. The Hall–Kier alpha value is -1.66. The number of hydrogen-bond donors (Lipinski definition) is 1. The highest BCUT2D eigenvalue weighted by Gasteiger charge is 2.17. The van der Waals surface area contributed by atoms with Crippen molar-refractivity contribution in [3.63, 3.8) is 0 Å². The number of rotatable bonds is 7. The zero-order valence-electron chi connectivity index (χ0n) is 13.6. The van der Waals surface area contributed by atoms with Gasteiger partial charge in [0.1, 0.15) is 11.4 Å². The minimum Gasteiger partial charge on any atom is -0.349 e. The summed E-state index contributed by atoms with van der Waals surface area (Å²) in [5.41, 5.74) is 1.55. The monoisotopic (exact) mass is 332 g/mol. The van der Waals surface area contributed by atoms with Gasteiger partial charge in [-0.25, -0.2) is 0 Å². The van der Waals surface area contributed by atoms with Gasteiger partial charge in [0.05, 0.1) is 4.88 Å². The van der Waals surface area contributed by atoms with E-state index in [1.807, 2.05) is 28.3 Å². The molecule has 2 aromatic rings. The van der Waals surface area contributed by atoms with E-state index in [1.54, 1.807) is 11.3 Å². The van der Waals surface area contributed by atoms with Gasteiger partial charge in [0, 0.05) is 19.6 Å². The molecule has 5 nitrogen and oxygen atoms in total. The molecule has 0 saturated carbocycles. The lowest BCUT2D eigenvalue weighted by atomic mass is 10.3. The van der Waals surface area contributed by atoms with Crippen LogP contribution in [0.15, 0.2) is 23.6 Å². The van der Waals surface area contributed by atoms with Crippen molar-refractivity contribution in [3.05, 3.63) is 29.3 Å². The Balaban J connectivity index is 1.65. The normalized spacial score (nSPS) is 15.2. The molecule has 23 heavy (non-hydrogen) atoms. The van der Waals surface area contributed by atoms with Gasteiger partial charge in [0.25, 0.3) is 5.91 Å². The van der Waals surface area contributed by atoms with Gasteiger partial charge in [0.2, 0.25) is 0 Å². The third-order valence-corrected chi connectivity index (χ3v) is 5.03. The molecule has 6 heteroatoms. The number of thiophene rings is 1. The van der Waals surface area contributed by atoms with Gasteiger partial charge in [-0.2, -0.15) is 5.10 Å². The van der Waals surface area contributed by atoms with E-state index < -0.39 is 0 Å². The van der Waals surface area contributed by atoms with Crippen molar-refractivity contribution in [3.8, 4) is 10.6 Å². The molecule has 124 valence electrons. The summed E-state index contributed by atoms with van der Waals surface area (Å²) < 4.78 is 1.83. The van der Waals surface area contributed by atoms with Crippen LogP contribution in [0.4, 0.5) is 0 Å². The molecule has 0 radical (unpaired) electrons. The van der Waals surface area contributed by atoms with E-state index in [4.69, 9.17) is 0 Å². The molecule has 0 aromatic carbocycles. The third-order valence-electron chi connectivity index (χ3n) is 4.13. The van der Waals surface area contributed by atoms with Crippen molar-refractivity contribution in [2.24, 2.45) is 0 Å². The Labute approximate surface area is 141 Å². The van der Waals surface area contributed by atoms with E-state index in [-0.39, 0.29) is 5.91 Å². The van der Waals surface area contributed by atoms with Crippen molar-refractivity contribution in [1.82, 2.24) is 20.0 Å². The summed E-state index contributed by atoms with van der Waals surface area (Å²) >= 11 is 1.65. The minimum atomic E-state index is -0.0204. The number of aromatic nitrogens is 2. The first kappa shape index (κ1) is 16.2. The molecule has 1 N–H and O–H groups in total. The van der Waals surface area contributed by atoms with Gasteiger partial charge in [-0.05, 0) is 49.9 Å². The van der Waals surface area contributed by atoms with Crippen LogP contribution in [0.5, 0.6) is 0 Å². The highest BCUT2D eigenvalue weighted by Crippen LogP contribution is 2.24. The Kier molecular flexibility index (Phi) is 5.46. The van der Waals surface area contributed by atoms with Crippen LogP contribution < -0.4 is 5.32 Å². The molecule has 0 unspecified atom stereocenters. The molecule has 0 aliphatic carbocycles. The fourth-order valence-corrected chi connectivity index (χ4v) is 3.63. The number of nitrogens with one attached hydrogen (secondary N) is 1. The standard InChI is InChI=1S/C17H24N4OS/c1-2-8-21-15(13-14(19-21)16-6-5-12-23-16)17(22)18-7-11-20-9-3-4-10-20/h5-6,12-13H,2-4,7-11H2,1H3,(H,18,22). The average Bonchev–Trinajstić information content (AvgIpc) is 3.29. The summed E-state index contributed by atoms with van der Waals surface area (Å²) in [6, 6.07) is 5.96. The fraction of sp³-hybridized carbons (Fsp3) is 0.529. The maximum Gasteiger partial charge on any atom is 0.269 e. The fourth-order valence-electron chi connectivity index (χ4n) is 2.95. The lowest BCUT2D eigenvalue weighted by Gasteiger charge is -2.14. The van der Waals surface area contributed by atoms with E-state index >= 15 is 0 Å². The van der Waals surface area contributed by atoms with E-state index in [2.05, 4.69) is 22.2 Å². The lowest BCUT2D eigenvalue weighted by molar-refractivity contribution is 0.0938. The van der Waals surface area contributed by atoms with Crippen LogP contribution in [0.1, 0.15) is 36.7 Å². The molecule has 3 rings (SSSR count). The van der Waals surface area contributed by atoms with Gasteiger partial charge in [-0.1, -0.05) is 13.0 Å². The van der Waals surface area contributed by atoms with Crippen molar-refractivity contribution in [1.29, 1.82) is 0 Å². The van der Waals surface area contributed by atoms with Crippen molar-refractivity contribution < 1.29 is 4.79 Å².